The zero-order chi connectivity index (χ0) is 31.1. The first-order chi connectivity index (χ1) is 21.1. The molecular formula is C32H34ClF2N7O2. The average molecular weight is 622 g/mol. The van der Waals surface area contributed by atoms with Crippen LogP contribution >= 0.6 is 11.6 Å². The summed E-state index contributed by atoms with van der Waals surface area (Å²) in [5, 5.41) is 12.8. The fraction of sp³-hybridized carbons (Fsp3) is 0.406. The number of hydrogen-bond donors (Lipinski definition) is 0. The second-order valence-corrected chi connectivity index (χ2v) is 12.3. The average Bonchev–Trinajstić information content (AvgIpc) is 3.81. The van der Waals surface area contributed by atoms with Gasteiger partial charge in [0.1, 0.15) is 17.3 Å². The Hall–Kier alpha value is -4.12. The van der Waals surface area contributed by atoms with Crippen molar-refractivity contribution < 1.29 is 18.4 Å². The molecule has 2 aromatic heterocycles. The minimum absolute atomic E-state index is 0.00426. The molecule has 2 saturated heterocycles. The normalized spacial score (nSPS) is 21.1. The quantitative estimate of drug-likeness (QED) is 0.258. The van der Waals surface area contributed by atoms with Gasteiger partial charge in [0.15, 0.2) is 0 Å². The smallest absolute Gasteiger partial charge is 0.228 e. The maximum Gasteiger partial charge on any atom is 0.228 e. The van der Waals surface area contributed by atoms with Crippen LogP contribution in [0.4, 0.5) is 8.78 Å². The Labute approximate surface area is 259 Å². The molecule has 44 heavy (non-hydrogen) atoms. The number of amides is 2. The molecule has 6 rings (SSSR count). The third kappa shape index (κ3) is 5.60. The molecule has 2 aliphatic heterocycles. The molecule has 4 atom stereocenters. The van der Waals surface area contributed by atoms with E-state index >= 15 is 0 Å². The van der Waals surface area contributed by atoms with E-state index < -0.39 is 17.8 Å². The van der Waals surface area contributed by atoms with Crippen molar-refractivity contribution >= 4 is 23.4 Å². The van der Waals surface area contributed by atoms with E-state index in [0.717, 1.165) is 24.1 Å². The van der Waals surface area contributed by atoms with Crippen molar-refractivity contribution in [3.05, 3.63) is 94.5 Å². The largest absolute Gasteiger partial charge is 0.339 e. The van der Waals surface area contributed by atoms with Crippen LogP contribution in [-0.4, -0.2) is 65.0 Å². The predicted octanol–water partition coefficient (Wildman–Crippen LogP) is 5.54. The number of halogens is 3. The summed E-state index contributed by atoms with van der Waals surface area (Å²) in [5.74, 6) is -1.84. The number of likely N-dealkylation sites (tertiary alicyclic amines) is 2. The van der Waals surface area contributed by atoms with Crippen molar-refractivity contribution in [2.24, 2.45) is 5.92 Å². The van der Waals surface area contributed by atoms with E-state index in [-0.39, 0.29) is 47.2 Å². The molecule has 2 aromatic carbocycles. The summed E-state index contributed by atoms with van der Waals surface area (Å²) in [6, 6.07) is 10.1. The zero-order valence-electron chi connectivity index (χ0n) is 24.8. The highest BCUT2D eigenvalue weighted by Gasteiger charge is 2.48. The van der Waals surface area contributed by atoms with Gasteiger partial charge >= 0.3 is 0 Å². The number of aromatic nitrogens is 5. The Morgan fingerprint density at radius 2 is 1.93 bits per heavy atom. The summed E-state index contributed by atoms with van der Waals surface area (Å²) >= 11 is 5.94. The third-order valence-corrected chi connectivity index (χ3v) is 9.09. The molecular weight excluding hydrogens is 588 g/mol. The van der Waals surface area contributed by atoms with E-state index in [1.165, 1.54) is 22.9 Å². The third-order valence-electron chi connectivity index (χ3n) is 8.79. The summed E-state index contributed by atoms with van der Waals surface area (Å²) in [7, 11) is 0. The van der Waals surface area contributed by atoms with E-state index in [0.29, 0.717) is 24.2 Å². The Morgan fingerprint density at radius 3 is 2.64 bits per heavy atom. The standard InChI is InChI=1S/C32H34ClF2N7O2/c1-19(2)42-30(43)17-25(31(42)22-7-9-26(33)27(34)15-22)32(44)39-12-4-6-24(39)16-23-18-41(38-37-23)20(3)21-8-10-29(28(35)14-21)40-13-5-11-36-40/h5,7-11,13-15,18-20,24-25,31H,4,6,12,16-17H2,1-3H3/t20-,24?,25?,31?/m1/s1. The molecule has 2 amide bonds. The van der Waals surface area contributed by atoms with E-state index in [1.54, 1.807) is 40.2 Å². The van der Waals surface area contributed by atoms with Gasteiger partial charge in [0, 0.05) is 50.1 Å². The fourth-order valence-electron chi connectivity index (χ4n) is 6.60. The van der Waals surface area contributed by atoms with Crippen LogP contribution in [0.1, 0.15) is 68.9 Å². The number of carbonyl (C=O) groups excluding carboxylic acids is 2. The van der Waals surface area contributed by atoms with Crippen LogP contribution in [0.3, 0.4) is 0 Å². The van der Waals surface area contributed by atoms with Gasteiger partial charge < -0.3 is 9.80 Å². The van der Waals surface area contributed by atoms with Crippen LogP contribution in [0.25, 0.3) is 5.69 Å². The zero-order valence-corrected chi connectivity index (χ0v) is 25.5. The van der Waals surface area contributed by atoms with Gasteiger partial charge in [0.05, 0.1) is 28.7 Å². The predicted molar refractivity (Wildman–Crippen MR) is 160 cm³/mol. The van der Waals surface area contributed by atoms with Crippen molar-refractivity contribution in [1.82, 2.24) is 34.6 Å². The lowest BCUT2D eigenvalue weighted by molar-refractivity contribution is -0.137. The molecule has 9 nitrogen and oxygen atoms in total. The molecule has 0 N–H and O–H groups in total. The number of hydrogen-bond acceptors (Lipinski definition) is 5. The second kappa shape index (κ2) is 12.1. The SMILES string of the molecule is CC(C)N1C(=O)CC(C(=O)N2CCCC2Cc2cn([C@H](C)c3ccc(-n4cccn4)c(F)c3)nn2)C1c1ccc(Cl)c(F)c1. The second-order valence-electron chi connectivity index (χ2n) is 11.9. The van der Waals surface area contributed by atoms with Gasteiger partial charge in [0.2, 0.25) is 11.8 Å². The highest BCUT2D eigenvalue weighted by Crippen LogP contribution is 2.42. The molecule has 2 aliphatic rings. The first kappa shape index (κ1) is 29.9. The monoisotopic (exact) mass is 621 g/mol. The molecule has 4 heterocycles. The van der Waals surface area contributed by atoms with E-state index in [1.807, 2.05) is 37.9 Å². The molecule has 230 valence electrons. The first-order valence-corrected chi connectivity index (χ1v) is 15.3. The summed E-state index contributed by atoms with van der Waals surface area (Å²) in [6.45, 7) is 6.29. The van der Waals surface area contributed by atoms with Crippen molar-refractivity contribution in [2.45, 2.75) is 70.6 Å². The van der Waals surface area contributed by atoms with E-state index in [4.69, 9.17) is 11.6 Å². The van der Waals surface area contributed by atoms with Gasteiger partial charge in [-0.3, -0.25) is 9.59 Å². The molecule has 0 saturated carbocycles. The summed E-state index contributed by atoms with van der Waals surface area (Å²) in [5.41, 5.74) is 2.38. The summed E-state index contributed by atoms with van der Waals surface area (Å²) < 4.78 is 32.5. The number of nitrogens with zero attached hydrogens (tertiary/aromatic N) is 7. The molecule has 12 heteroatoms. The molecule has 2 fully saturated rings. The highest BCUT2D eigenvalue weighted by atomic mass is 35.5. The Balaban J connectivity index is 1.18. The van der Waals surface area contributed by atoms with Crippen LogP contribution in [0.15, 0.2) is 61.1 Å². The first-order valence-electron chi connectivity index (χ1n) is 14.9. The molecule has 0 spiro atoms. The van der Waals surface area contributed by atoms with E-state index in [2.05, 4.69) is 15.4 Å². The summed E-state index contributed by atoms with van der Waals surface area (Å²) in [6.07, 6.45) is 7.31. The topological polar surface area (TPSA) is 89.2 Å². The van der Waals surface area contributed by atoms with Gasteiger partial charge in [-0.15, -0.1) is 5.10 Å². The van der Waals surface area contributed by atoms with Gasteiger partial charge in [-0.1, -0.05) is 28.9 Å². The van der Waals surface area contributed by atoms with Crippen LogP contribution in [-0.2, 0) is 16.0 Å². The number of benzene rings is 2. The molecule has 4 aromatic rings. The van der Waals surface area contributed by atoms with Gasteiger partial charge in [-0.25, -0.2) is 18.1 Å². The van der Waals surface area contributed by atoms with Crippen LogP contribution in [0.5, 0.6) is 0 Å². The van der Waals surface area contributed by atoms with E-state index in [9.17, 15) is 18.4 Å². The fourth-order valence-corrected chi connectivity index (χ4v) is 6.71. The molecule has 0 aliphatic carbocycles. The van der Waals surface area contributed by atoms with Crippen LogP contribution < -0.4 is 0 Å². The number of rotatable bonds is 8. The molecule has 0 radical (unpaired) electrons. The number of carbonyl (C=O) groups is 2. The van der Waals surface area contributed by atoms with Gasteiger partial charge in [0.25, 0.3) is 0 Å². The Bertz CT molecular complexity index is 1670. The van der Waals surface area contributed by atoms with Gasteiger partial charge in [-0.2, -0.15) is 5.10 Å². The molecule has 0 bridgehead atoms. The summed E-state index contributed by atoms with van der Waals surface area (Å²) in [4.78, 5) is 30.8. The Morgan fingerprint density at radius 1 is 1.11 bits per heavy atom. The van der Waals surface area contributed by atoms with Crippen LogP contribution in [0, 0.1) is 17.6 Å². The lowest BCUT2D eigenvalue weighted by Gasteiger charge is -2.34. The maximum atomic E-state index is 14.9. The lowest BCUT2D eigenvalue weighted by atomic mass is 9.91. The minimum Gasteiger partial charge on any atom is -0.339 e. The van der Waals surface area contributed by atoms with Crippen molar-refractivity contribution in [1.29, 1.82) is 0 Å². The minimum atomic E-state index is -0.638. The van der Waals surface area contributed by atoms with Crippen molar-refractivity contribution in [2.75, 3.05) is 6.54 Å². The van der Waals surface area contributed by atoms with Crippen LogP contribution in [0.2, 0.25) is 5.02 Å². The molecule has 3 unspecified atom stereocenters. The maximum absolute atomic E-state index is 14.9. The van der Waals surface area contributed by atoms with Crippen molar-refractivity contribution in [3.63, 3.8) is 0 Å². The Kier molecular flexibility index (Phi) is 8.24. The lowest BCUT2D eigenvalue weighted by Crippen LogP contribution is -2.43. The highest BCUT2D eigenvalue weighted by molar-refractivity contribution is 6.30. The van der Waals surface area contributed by atoms with Crippen molar-refractivity contribution in [3.8, 4) is 5.69 Å². The van der Waals surface area contributed by atoms with Gasteiger partial charge in [-0.05, 0) is 75.1 Å².